The van der Waals surface area contributed by atoms with Crippen LogP contribution in [0.5, 0.6) is 0 Å². The lowest BCUT2D eigenvalue weighted by Crippen LogP contribution is -2.25. The van der Waals surface area contributed by atoms with Gasteiger partial charge in [0.15, 0.2) is 0 Å². The Kier molecular flexibility index (Phi) is 11.6. The molecule has 0 aromatic rings. The van der Waals surface area contributed by atoms with Crippen molar-refractivity contribution < 1.29 is 0 Å². The van der Waals surface area contributed by atoms with Crippen LogP contribution in [0.15, 0.2) is 24.3 Å². The molecule has 0 amide bonds. The van der Waals surface area contributed by atoms with Crippen molar-refractivity contribution in [1.82, 2.24) is 0 Å². The van der Waals surface area contributed by atoms with Gasteiger partial charge in [-0.3, -0.25) is 0 Å². The van der Waals surface area contributed by atoms with Crippen molar-refractivity contribution in [2.45, 2.75) is 110 Å². The molecule has 0 heterocycles. The summed E-state index contributed by atoms with van der Waals surface area (Å²) in [5.74, 6) is 4.10. The second-order valence-electron chi connectivity index (χ2n) is 9.26. The molecule has 0 aliphatic heterocycles. The third-order valence-electron chi connectivity index (χ3n) is 7.32. The Hall–Kier alpha value is -1.03. The molecule has 0 N–H and O–H groups in total. The number of unbranched alkanes of at least 4 members (excludes halogenated alkanes) is 4. The van der Waals surface area contributed by atoms with Gasteiger partial charge >= 0.3 is 0 Å². The maximum Gasteiger partial charge on any atom is 0.0912 e. The van der Waals surface area contributed by atoms with Crippen molar-refractivity contribution in [2.75, 3.05) is 0 Å². The van der Waals surface area contributed by atoms with Gasteiger partial charge in [-0.15, -0.1) is 0 Å². The Morgan fingerprint density at radius 2 is 1.33 bits per heavy atom. The molecule has 2 aliphatic carbocycles. The van der Waals surface area contributed by atoms with Gasteiger partial charge in [-0.1, -0.05) is 89.4 Å². The van der Waals surface area contributed by atoms with Gasteiger partial charge in [0.1, 0.15) is 0 Å². The highest BCUT2D eigenvalue weighted by atomic mass is 14.4. The lowest BCUT2D eigenvalue weighted by Gasteiger charge is -2.38. The number of nitriles is 1. The number of rotatable bonds is 11. The van der Waals surface area contributed by atoms with Gasteiger partial charge in [-0.05, 0) is 62.2 Å². The molecular weight excluding hydrogens is 326 g/mol. The van der Waals surface area contributed by atoms with E-state index >= 15 is 0 Å². The van der Waals surface area contributed by atoms with Crippen LogP contribution in [0.4, 0.5) is 0 Å². The second kappa shape index (κ2) is 14.0. The third kappa shape index (κ3) is 9.14. The first-order chi connectivity index (χ1) is 13.3. The van der Waals surface area contributed by atoms with Crippen LogP contribution < -0.4 is 0 Å². The highest BCUT2D eigenvalue weighted by molar-refractivity contribution is 5.11. The summed E-state index contributed by atoms with van der Waals surface area (Å²) in [5, 5.41) is 8.47. The van der Waals surface area contributed by atoms with Crippen molar-refractivity contribution in [2.24, 2.45) is 23.7 Å². The molecule has 0 saturated heterocycles. The Morgan fingerprint density at radius 1 is 0.741 bits per heavy atom. The summed E-state index contributed by atoms with van der Waals surface area (Å²) in [7, 11) is 0. The van der Waals surface area contributed by atoms with Crippen LogP contribution in [0.3, 0.4) is 0 Å². The van der Waals surface area contributed by atoms with E-state index in [1.54, 1.807) is 6.08 Å². The normalized spacial score (nSPS) is 29.3. The standard InChI is InChI=1S/C26H43N/c1-2-3-4-6-9-12-23-14-18-25(19-15-23)26-20-16-24(17-21-26)13-10-7-5-8-11-22-27/h5,7-8,11,23-26H,2-4,6,9-10,12-21H2,1H3/b7-5+,11-8+/t23-,24?,25-,26?. The average Bonchev–Trinajstić information content (AvgIpc) is 2.71. The molecule has 27 heavy (non-hydrogen) atoms. The monoisotopic (exact) mass is 369 g/mol. The molecule has 2 fully saturated rings. The second-order valence-corrected chi connectivity index (χ2v) is 9.26. The van der Waals surface area contributed by atoms with E-state index in [0.717, 1.165) is 23.7 Å². The van der Waals surface area contributed by atoms with Gasteiger partial charge in [0.2, 0.25) is 0 Å². The van der Waals surface area contributed by atoms with Crippen LogP contribution in [0, 0.1) is 35.0 Å². The Balaban J connectivity index is 1.53. The maximum absolute atomic E-state index is 8.47. The Labute approximate surface area is 169 Å². The van der Waals surface area contributed by atoms with E-state index in [-0.39, 0.29) is 0 Å². The van der Waals surface area contributed by atoms with Gasteiger partial charge < -0.3 is 0 Å². The summed E-state index contributed by atoms with van der Waals surface area (Å²) >= 11 is 0. The summed E-state index contributed by atoms with van der Waals surface area (Å²) in [6.45, 7) is 2.31. The highest BCUT2D eigenvalue weighted by Gasteiger charge is 2.30. The molecule has 152 valence electrons. The molecule has 0 aromatic carbocycles. The minimum Gasteiger partial charge on any atom is -0.193 e. The zero-order valence-electron chi connectivity index (χ0n) is 17.9. The predicted molar refractivity (Wildman–Crippen MR) is 117 cm³/mol. The van der Waals surface area contributed by atoms with Gasteiger partial charge in [-0.2, -0.15) is 5.26 Å². The largest absolute Gasteiger partial charge is 0.193 e. The molecular formula is C26H43N. The van der Waals surface area contributed by atoms with E-state index in [1.807, 2.05) is 18.2 Å². The molecule has 0 atom stereocenters. The van der Waals surface area contributed by atoms with Crippen molar-refractivity contribution in [3.05, 3.63) is 24.3 Å². The number of hydrogen-bond donors (Lipinski definition) is 0. The van der Waals surface area contributed by atoms with E-state index in [2.05, 4.69) is 13.0 Å². The minimum atomic E-state index is 0.949. The van der Waals surface area contributed by atoms with E-state index in [1.165, 1.54) is 103 Å². The zero-order chi connectivity index (χ0) is 19.2. The smallest absolute Gasteiger partial charge is 0.0912 e. The zero-order valence-corrected chi connectivity index (χ0v) is 17.9. The summed E-state index contributed by atoms with van der Waals surface area (Å²) in [5.41, 5.74) is 0. The predicted octanol–water partition coefficient (Wildman–Crippen LogP) is 8.38. The molecule has 0 spiro atoms. The fourth-order valence-corrected chi connectivity index (χ4v) is 5.54. The fraction of sp³-hybridized carbons (Fsp3) is 0.808. The van der Waals surface area contributed by atoms with Crippen molar-refractivity contribution in [1.29, 1.82) is 5.26 Å². The maximum atomic E-state index is 8.47. The molecule has 0 unspecified atom stereocenters. The number of nitrogens with zero attached hydrogens (tertiary/aromatic N) is 1. The molecule has 0 bridgehead atoms. The summed E-state index contributed by atoms with van der Waals surface area (Å²) in [4.78, 5) is 0. The topological polar surface area (TPSA) is 23.8 Å². The van der Waals surface area contributed by atoms with Crippen LogP contribution in [-0.2, 0) is 0 Å². The molecule has 0 aromatic heterocycles. The molecule has 2 aliphatic rings. The lowest BCUT2D eigenvalue weighted by molar-refractivity contribution is 0.140. The molecule has 2 rings (SSSR count). The van der Waals surface area contributed by atoms with Gasteiger partial charge in [0.25, 0.3) is 0 Å². The van der Waals surface area contributed by atoms with Crippen LogP contribution in [0.25, 0.3) is 0 Å². The first kappa shape index (κ1) is 22.3. The van der Waals surface area contributed by atoms with E-state index in [0.29, 0.717) is 0 Å². The quantitative estimate of drug-likeness (QED) is 0.204. The number of allylic oxidation sites excluding steroid dienone is 4. The first-order valence-corrected chi connectivity index (χ1v) is 12.0. The summed E-state index contributed by atoms with van der Waals surface area (Å²) < 4.78 is 0. The Bertz CT molecular complexity index is 453. The molecule has 0 radical (unpaired) electrons. The van der Waals surface area contributed by atoms with Crippen LogP contribution in [-0.4, -0.2) is 0 Å². The SMILES string of the molecule is CCCCCCC[C@H]1CC[C@H](C2CCC(CC/C=C/C=C/C#N)CC2)CC1. The molecule has 1 heteroatoms. The first-order valence-electron chi connectivity index (χ1n) is 12.0. The van der Waals surface area contributed by atoms with Crippen molar-refractivity contribution >= 4 is 0 Å². The fourth-order valence-electron chi connectivity index (χ4n) is 5.54. The van der Waals surface area contributed by atoms with E-state index < -0.39 is 0 Å². The van der Waals surface area contributed by atoms with Crippen LogP contribution in [0.1, 0.15) is 110 Å². The third-order valence-corrected chi connectivity index (χ3v) is 7.32. The lowest BCUT2D eigenvalue weighted by atomic mass is 9.68. The van der Waals surface area contributed by atoms with Crippen molar-refractivity contribution in [3.8, 4) is 6.07 Å². The summed E-state index contributed by atoms with van der Waals surface area (Å²) in [6.07, 6.45) is 30.9. The van der Waals surface area contributed by atoms with Gasteiger partial charge in [0.05, 0.1) is 6.07 Å². The molecule has 1 nitrogen and oxygen atoms in total. The van der Waals surface area contributed by atoms with Crippen LogP contribution in [0.2, 0.25) is 0 Å². The Morgan fingerprint density at radius 3 is 1.93 bits per heavy atom. The highest BCUT2D eigenvalue weighted by Crippen LogP contribution is 2.43. The van der Waals surface area contributed by atoms with E-state index in [9.17, 15) is 0 Å². The van der Waals surface area contributed by atoms with Crippen LogP contribution >= 0.6 is 0 Å². The van der Waals surface area contributed by atoms with Gasteiger partial charge in [-0.25, -0.2) is 0 Å². The van der Waals surface area contributed by atoms with Crippen molar-refractivity contribution in [3.63, 3.8) is 0 Å². The minimum absolute atomic E-state index is 0.949. The van der Waals surface area contributed by atoms with Gasteiger partial charge in [0, 0.05) is 6.08 Å². The number of hydrogen-bond acceptors (Lipinski definition) is 1. The molecule has 2 saturated carbocycles. The average molecular weight is 370 g/mol. The van der Waals surface area contributed by atoms with E-state index in [4.69, 9.17) is 5.26 Å². The summed E-state index contributed by atoms with van der Waals surface area (Å²) in [6, 6.07) is 2.03.